The number of carbonyl (C=O) groups excluding carboxylic acids is 1. The highest BCUT2D eigenvalue weighted by Gasteiger charge is 2.67. The van der Waals surface area contributed by atoms with Gasteiger partial charge in [-0.05, 0) is 96.8 Å². The average molecular weight is 511 g/mol. The van der Waals surface area contributed by atoms with E-state index >= 15 is 0 Å². The second-order valence-corrected chi connectivity index (χ2v) is 14.0. The summed E-state index contributed by atoms with van der Waals surface area (Å²) in [6, 6.07) is 1.65. The van der Waals surface area contributed by atoms with Gasteiger partial charge in [0.05, 0.1) is 5.92 Å². The fraction of sp³-hybridized carbons (Fsp3) is 0.700. The van der Waals surface area contributed by atoms with Crippen LogP contribution in [0.1, 0.15) is 102 Å². The second-order valence-electron chi connectivity index (χ2n) is 14.0. The molecule has 1 aromatic carbocycles. The molecule has 0 heterocycles. The Bertz CT molecular complexity index is 1240. The van der Waals surface area contributed by atoms with Gasteiger partial charge in [-0.2, -0.15) is 0 Å². The molecule has 1 aromatic rings. The van der Waals surface area contributed by atoms with Crippen molar-refractivity contribution in [3.8, 4) is 11.5 Å². The number of hydrogen-bond donors (Lipinski definition) is 3. The number of amides is 1. The molecule has 0 unspecified atom stereocenters. The highest BCUT2D eigenvalue weighted by atomic mass is 16.6. The molecule has 37 heavy (non-hydrogen) atoms. The van der Waals surface area contributed by atoms with E-state index in [0.29, 0.717) is 11.5 Å². The molecule has 0 aliphatic heterocycles. The van der Waals surface area contributed by atoms with Crippen LogP contribution in [0.15, 0.2) is 17.7 Å². The van der Waals surface area contributed by atoms with Crippen LogP contribution in [-0.2, 0) is 10.2 Å². The summed E-state index contributed by atoms with van der Waals surface area (Å²) in [6.45, 7) is 12.8. The molecule has 1 amide bonds. The molecule has 7 heteroatoms. The SMILES string of the molecule is Cc1c(O)c(O)cc2c1[C@H](C[N+](=O)[O-])C=C1[C@@]2(C)CC[C@@]2(C)[C@@H]3C[C@](C)(C(N)=O)CC[C@]3(C)CC[C@]12C. The molecule has 7 atom stereocenters. The number of benzene rings is 1. The van der Waals surface area contributed by atoms with E-state index in [1.54, 1.807) is 13.0 Å². The number of nitrogens with two attached hydrogens (primary N) is 1. The minimum Gasteiger partial charge on any atom is -0.504 e. The minimum absolute atomic E-state index is 0.104. The van der Waals surface area contributed by atoms with Crippen LogP contribution in [0.2, 0.25) is 0 Å². The number of nitrogens with zero attached hydrogens (tertiary/aromatic N) is 1. The number of carbonyl (C=O) groups is 1. The summed E-state index contributed by atoms with van der Waals surface area (Å²) in [5.41, 5.74) is 8.26. The van der Waals surface area contributed by atoms with Gasteiger partial charge in [0, 0.05) is 15.8 Å². The molecule has 0 saturated heterocycles. The summed E-state index contributed by atoms with van der Waals surface area (Å²) in [4.78, 5) is 24.1. The first-order valence-corrected chi connectivity index (χ1v) is 13.7. The van der Waals surface area contributed by atoms with Crippen LogP contribution in [-0.4, -0.2) is 27.6 Å². The number of phenolic OH excluding ortho intramolecular Hbond substituents is 2. The van der Waals surface area contributed by atoms with Gasteiger partial charge in [0.1, 0.15) is 0 Å². The van der Waals surface area contributed by atoms with Crippen LogP contribution in [0.4, 0.5) is 0 Å². The van der Waals surface area contributed by atoms with Gasteiger partial charge >= 0.3 is 0 Å². The van der Waals surface area contributed by atoms with E-state index in [2.05, 4.69) is 33.8 Å². The quantitative estimate of drug-likeness (QED) is 0.203. The average Bonchev–Trinajstić information content (AvgIpc) is 2.81. The molecule has 3 fully saturated rings. The van der Waals surface area contributed by atoms with Crippen molar-refractivity contribution in [2.45, 2.75) is 97.8 Å². The summed E-state index contributed by atoms with van der Waals surface area (Å²) < 4.78 is 0. The summed E-state index contributed by atoms with van der Waals surface area (Å²) in [5.74, 6) is -0.748. The first-order valence-electron chi connectivity index (χ1n) is 13.7. The number of rotatable bonds is 3. The van der Waals surface area contributed by atoms with E-state index in [1.165, 1.54) is 5.57 Å². The number of allylic oxidation sites excluding steroid dienone is 1. The molecule has 4 N–H and O–H groups in total. The lowest BCUT2D eigenvalue weighted by Crippen LogP contribution is -2.63. The van der Waals surface area contributed by atoms with Gasteiger partial charge in [-0.3, -0.25) is 14.9 Å². The van der Waals surface area contributed by atoms with Gasteiger partial charge in [-0.15, -0.1) is 0 Å². The molecular formula is C30H42N2O5. The molecule has 4 aliphatic carbocycles. The fourth-order valence-corrected chi connectivity index (χ4v) is 9.38. The maximum atomic E-state index is 12.6. The normalized spacial score (nSPS) is 42.5. The Kier molecular flexibility index (Phi) is 5.44. The first-order chi connectivity index (χ1) is 17.0. The van der Waals surface area contributed by atoms with E-state index < -0.39 is 16.7 Å². The molecule has 3 saturated carbocycles. The lowest BCUT2D eigenvalue weighted by atomic mass is 9.34. The van der Waals surface area contributed by atoms with Crippen LogP contribution in [0, 0.1) is 44.6 Å². The Labute approximate surface area is 219 Å². The standard InChI is InChI=1S/C30H42N2O5/c1-17-23-18(16-32(36)37)13-21-28(4,19(23)14-20(33)24(17)34)10-12-30(6)22-15-27(3,25(31)35)8-7-26(22,2)9-11-29(21,30)5/h13-14,18,22,33-34H,7-12,15-16H2,1-6H3,(H2,31,35)/t18-,22+,26+,27+,28-,29+,30-/m0/s1. The van der Waals surface area contributed by atoms with Crippen LogP contribution >= 0.6 is 0 Å². The molecule has 202 valence electrons. The summed E-state index contributed by atoms with van der Waals surface area (Å²) in [7, 11) is 0. The van der Waals surface area contributed by atoms with Crippen molar-refractivity contribution in [1.29, 1.82) is 0 Å². The van der Waals surface area contributed by atoms with E-state index in [4.69, 9.17) is 5.73 Å². The molecule has 5 rings (SSSR count). The zero-order chi connectivity index (χ0) is 27.3. The predicted octanol–water partition coefficient (Wildman–Crippen LogP) is 5.86. The number of primary amides is 1. The maximum Gasteiger partial charge on any atom is 0.223 e. The van der Waals surface area contributed by atoms with Gasteiger partial charge in [0.25, 0.3) is 0 Å². The van der Waals surface area contributed by atoms with Gasteiger partial charge in [0.2, 0.25) is 12.5 Å². The number of phenols is 2. The van der Waals surface area contributed by atoms with E-state index in [1.807, 2.05) is 6.92 Å². The van der Waals surface area contributed by atoms with Crippen molar-refractivity contribution in [2.24, 2.45) is 33.3 Å². The number of nitro groups is 1. The Morgan fingerprint density at radius 1 is 1.08 bits per heavy atom. The highest BCUT2D eigenvalue weighted by molar-refractivity contribution is 5.80. The lowest BCUT2D eigenvalue weighted by Gasteiger charge is -2.70. The van der Waals surface area contributed by atoms with Crippen molar-refractivity contribution in [3.63, 3.8) is 0 Å². The Balaban J connectivity index is 1.70. The number of fused-ring (bicyclic) bond motifs is 7. The number of hydrogen-bond acceptors (Lipinski definition) is 5. The fourth-order valence-electron chi connectivity index (χ4n) is 9.38. The zero-order valence-electron chi connectivity index (χ0n) is 23.1. The Hall–Kier alpha value is -2.57. The third-order valence-electron chi connectivity index (χ3n) is 12.1. The number of aromatic hydroxyl groups is 2. The Morgan fingerprint density at radius 2 is 1.73 bits per heavy atom. The van der Waals surface area contributed by atoms with E-state index in [-0.39, 0.29) is 45.1 Å². The van der Waals surface area contributed by atoms with Gasteiger partial charge < -0.3 is 15.9 Å². The summed E-state index contributed by atoms with van der Waals surface area (Å²) in [5, 5.41) is 33.0. The zero-order valence-corrected chi connectivity index (χ0v) is 23.1. The monoisotopic (exact) mass is 510 g/mol. The summed E-state index contributed by atoms with van der Waals surface area (Å²) >= 11 is 0. The molecule has 0 bridgehead atoms. The highest BCUT2D eigenvalue weighted by Crippen LogP contribution is 2.75. The molecule has 4 aliphatic rings. The van der Waals surface area contributed by atoms with Crippen molar-refractivity contribution >= 4 is 5.91 Å². The molecule has 0 spiro atoms. The van der Waals surface area contributed by atoms with Crippen LogP contribution in [0.3, 0.4) is 0 Å². The van der Waals surface area contributed by atoms with Crippen LogP contribution < -0.4 is 5.73 Å². The summed E-state index contributed by atoms with van der Waals surface area (Å²) in [6.07, 6.45) is 8.54. The van der Waals surface area contributed by atoms with Gasteiger partial charge in [0.15, 0.2) is 11.5 Å². The van der Waals surface area contributed by atoms with Crippen LogP contribution in [0.25, 0.3) is 0 Å². The van der Waals surface area contributed by atoms with Crippen molar-refractivity contribution in [1.82, 2.24) is 0 Å². The van der Waals surface area contributed by atoms with Gasteiger partial charge in [-0.1, -0.05) is 46.3 Å². The maximum absolute atomic E-state index is 12.6. The third-order valence-corrected chi connectivity index (χ3v) is 12.1. The predicted molar refractivity (Wildman–Crippen MR) is 142 cm³/mol. The molecular weight excluding hydrogens is 468 g/mol. The van der Waals surface area contributed by atoms with Crippen LogP contribution in [0.5, 0.6) is 11.5 Å². The lowest BCUT2D eigenvalue weighted by molar-refractivity contribution is -0.481. The van der Waals surface area contributed by atoms with Crippen molar-refractivity contribution < 1.29 is 19.9 Å². The van der Waals surface area contributed by atoms with E-state index in [9.17, 15) is 25.1 Å². The second kappa shape index (κ2) is 7.73. The van der Waals surface area contributed by atoms with Crippen molar-refractivity contribution in [3.05, 3.63) is 44.5 Å². The van der Waals surface area contributed by atoms with Crippen molar-refractivity contribution in [2.75, 3.05) is 6.54 Å². The smallest absolute Gasteiger partial charge is 0.223 e. The first kappa shape index (κ1) is 26.1. The minimum atomic E-state index is -0.520. The molecule has 7 nitrogen and oxygen atoms in total. The molecule has 0 radical (unpaired) electrons. The molecule has 0 aromatic heterocycles. The van der Waals surface area contributed by atoms with E-state index in [0.717, 1.165) is 56.1 Å². The Morgan fingerprint density at radius 3 is 2.35 bits per heavy atom. The van der Waals surface area contributed by atoms with Gasteiger partial charge in [-0.25, -0.2) is 0 Å². The largest absolute Gasteiger partial charge is 0.504 e. The topological polar surface area (TPSA) is 127 Å². The third kappa shape index (κ3) is 3.27.